The number of nitrogens with zero attached hydrogens (tertiary/aromatic N) is 3. The molecule has 32 heavy (non-hydrogen) atoms. The lowest BCUT2D eigenvalue weighted by atomic mass is 10.00. The summed E-state index contributed by atoms with van der Waals surface area (Å²) in [4.78, 5) is 19.4. The number of phenolic OH excluding ortho intramolecular Hbond substituents is 1. The Kier molecular flexibility index (Phi) is 7.97. The van der Waals surface area contributed by atoms with E-state index in [4.69, 9.17) is 0 Å². The van der Waals surface area contributed by atoms with Crippen molar-refractivity contribution in [1.29, 1.82) is 0 Å². The zero-order valence-electron chi connectivity index (χ0n) is 19.9. The fraction of sp³-hybridized carbons (Fsp3) is 0.444. The van der Waals surface area contributed by atoms with Gasteiger partial charge >= 0.3 is 0 Å². The Morgan fingerprint density at radius 1 is 1.09 bits per heavy atom. The van der Waals surface area contributed by atoms with Crippen molar-refractivity contribution in [2.24, 2.45) is 0 Å². The van der Waals surface area contributed by atoms with Crippen molar-refractivity contribution in [3.05, 3.63) is 71.8 Å². The van der Waals surface area contributed by atoms with Crippen LogP contribution in [0.1, 0.15) is 49.2 Å². The summed E-state index contributed by atoms with van der Waals surface area (Å²) in [6.07, 6.45) is 2.63. The number of benzene rings is 2. The molecule has 1 heterocycles. The van der Waals surface area contributed by atoms with Crippen LogP contribution in [0.4, 0.5) is 5.69 Å². The number of carbonyl (C=O) groups is 1. The van der Waals surface area contributed by atoms with E-state index in [2.05, 4.69) is 36.3 Å². The van der Waals surface area contributed by atoms with Crippen molar-refractivity contribution < 1.29 is 9.90 Å². The zero-order chi connectivity index (χ0) is 23.3. The summed E-state index contributed by atoms with van der Waals surface area (Å²) < 4.78 is 0. The molecule has 0 saturated carbocycles. The topological polar surface area (TPSA) is 47.0 Å². The minimum Gasteiger partial charge on any atom is -0.508 e. The van der Waals surface area contributed by atoms with Gasteiger partial charge < -0.3 is 14.9 Å². The van der Waals surface area contributed by atoms with Gasteiger partial charge in [0.05, 0.1) is 0 Å². The molecule has 1 aliphatic rings. The number of piperazine rings is 1. The molecule has 172 valence electrons. The largest absolute Gasteiger partial charge is 0.508 e. The van der Waals surface area contributed by atoms with E-state index in [1.54, 1.807) is 0 Å². The predicted molar refractivity (Wildman–Crippen MR) is 133 cm³/mol. The van der Waals surface area contributed by atoms with Gasteiger partial charge in [0, 0.05) is 62.1 Å². The van der Waals surface area contributed by atoms with Crippen molar-refractivity contribution in [1.82, 2.24) is 9.80 Å². The second-order valence-electron chi connectivity index (χ2n) is 8.81. The van der Waals surface area contributed by atoms with Crippen molar-refractivity contribution in [2.75, 3.05) is 37.6 Å². The molecule has 0 aromatic heterocycles. The first kappa shape index (κ1) is 23.9. The highest BCUT2D eigenvalue weighted by atomic mass is 16.3. The van der Waals surface area contributed by atoms with E-state index in [1.807, 2.05) is 61.2 Å². The Morgan fingerprint density at radius 2 is 1.84 bits per heavy atom. The van der Waals surface area contributed by atoms with Gasteiger partial charge in [0.15, 0.2) is 0 Å². The van der Waals surface area contributed by atoms with Gasteiger partial charge in [-0.15, -0.1) is 6.58 Å². The molecule has 0 bridgehead atoms. The molecule has 1 amide bonds. The number of aromatic hydroxyl groups is 1. The minimum absolute atomic E-state index is 0.0636. The average molecular weight is 436 g/mol. The number of carbonyl (C=O) groups excluding carboxylic acids is 1. The van der Waals surface area contributed by atoms with Crippen molar-refractivity contribution in [3.63, 3.8) is 0 Å². The van der Waals surface area contributed by atoms with Gasteiger partial charge in [0.2, 0.25) is 0 Å². The summed E-state index contributed by atoms with van der Waals surface area (Å²) in [6, 6.07) is 14.5. The summed E-state index contributed by atoms with van der Waals surface area (Å²) in [5, 5.41) is 10.5. The zero-order valence-corrected chi connectivity index (χ0v) is 19.9. The third-order valence-electron chi connectivity index (χ3n) is 6.41. The van der Waals surface area contributed by atoms with Crippen LogP contribution in [0.25, 0.3) is 0 Å². The molecule has 2 aromatic rings. The maximum Gasteiger partial charge on any atom is 0.253 e. The summed E-state index contributed by atoms with van der Waals surface area (Å²) in [5.74, 6) is 0.343. The second kappa shape index (κ2) is 10.7. The number of hydrogen-bond donors (Lipinski definition) is 1. The maximum atomic E-state index is 12.7. The standard InChI is InChI=1S/C27H37N3O2/c1-6-12-29-18-21(5)30(19-20(29)4)25-15-23(16-26(31)17-25)13-22-10-9-11-24(14-22)27(32)28(7-2)8-3/h6,9-11,14-17,20-21,31H,1,7-8,12-13,18-19H2,2-5H3/t20-,21+/m1/s1. The molecule has 0 spiro atoms. The van der Waals surface area contributed by atoms with Gasteiger partial charge in [-0.1, -0.05) is 18.2 Å². The normalized spacial score (nSPS) is 19.1. The smallest absolute Gasteiger partial charge is 0.253 e. The number of amides is 1. The molecule has 5 heteroatoms. The fourth-order valence-electron chi connectivity index (χ4n) is 4.65. The highest BCUT2D eigenvalue weighted by Gasteiger charge is 2.28. The van der Waals surface area contributed by atoms with Crippen molar-refractivity contribution in [2.45, 2.75) is 46.2 Å². The van der Waals surface area contributed by atoms with Gasteiger partial charge in [-0.2, -0.15) is 0 Å². The average Bonchev–Trinajstić information content (AvgIpc) is 2.76. The van der Waals surface area contributed by atoms with Crippen molar-refractivity contribution >= 4 is 11.6 Å². The van der Waals surface area contributed by atoms with Crippen LogP contribution in [0.2, 0.25) is 0 Å². The fourth-order valence-corrected chi connectivity index (χ4v) is 4.65. The molecular formula is C27H37N3O2. The predicted octanol–water partition coefficient (Wildman–Crippen LogP) is 4.55. The maximum absolute atomic E-state index is 12.7. The summed E-state index contributed by atoms with van der Waals surface area (Å²) >= 11 is 0. The molecular weight excluding hydrogens is 398 g/mol. The van der Waals surface area contributed by atoms with Crippen LogP contribution < -0.4 is 4.90 Å². The highest BCUT2D eigenvalue weighted by Crippen LogP contribution is 2.29. The Bertz CT molecular complexity index is 938. The first-order valence-corrected chi connectivity index (χ1v) is 11.7. The molecule has 0 radical (unpaired) electrons. The molecule has 0 aliphatic carbocycles. The van der Waals surface area contributed by atoms with Gasteiger partial charge in [-0.05, 0) is 69.5 Å². The van der Waals surface area contributed by atoms with E-state index in [-0.39, 0.29) is 11.7 Å². The molecule has 1 fully saturated rings. The van der Waals surface area contributed by atoms with Gasteiger partial charge in [0.25, 0.3) is 5.91 Å². The van der Waals surface area contributed by atoms with Crippen LogP contribution >= 0.6 is 0 Å². The second-order valence-corrected chi connectivity index (χ2v) is 8.81. The van der Waals surface area contributed by atoms with E-state index in [9.17, 15) is 9.90 Å². The molecule has 5 nitrogen and oxygen atoms in total. The van der Waals surface area contributed by atoms with E-state index in [0.717, 1.165) is 36.4 Å². The number of rotatable bonds is 8. The minimum atomic E-state index is 0.0636. The molecule has 1 saturated heterocycles. The van der Waals surface area contributed by atoms with Crippen LogP contribution in [0.3, 0.4) is 0 Å². The molecule has 2 atom stereocenters. The summed E-state index contributed by atoms with van der Waals surface area (Å²) in [7, 11) is 0. The third kappa shape index (κ3) is 5.52. The summed E-state index contributed by atoms with van der Waals surface area (Å²) in [6.45, 7) is 16.5. The molecule has 1 aliphatic heterocycles. The van der Waals surface area contributed by atoms with E-state index < -0.39 is 0 Å². The lowest BCUT2D eigenvalue weighted by Gasteiger charge is -2.45. The Balaban J connectivity index is 1.81. The quantitative estimate of drug-likeness (QED) is 0.618. The van der Waals surface area contributed by atoms with Crippen LogP contribution in [0.5, 0.6) is 5.75 Å². The van der Waals surface area contributed by atoms with Crippen LogP contribution in [0, 0.1) is 0 Å². The molecule has 2 aromatic carbocycles. The number of phenols is 1. The van der Waals surface area contributed by atoms with Gasteiger partial charge in [0.1, 0.15) is 5.75 Å². The van der Waals surface area contributed by atoms with E-state index in [0.29, 0.717) is 37.2 Å². The highest BCUT2D eigenvalue weighted by molar-refractivity contribution is 5.94. The van der Waals surface area contributed by atoms with Crippen LogP contribution in [0.15, 0.2) is 55.1 Å². The molecule has 3 rings (SSSR count). The van der Waals surface area contributed by atoms with Crippen LogP contribution in [-0.2, 0) is 6.42 Å². The lowest BCUT2D eigenvalue weighted by Crippen LogP contribution is -2.56. The Labute approximate surface area is 193 Å². The summed E-state index contributed by atoms with van der Waals surface area (Å²) in [5.41, 5.74) is 3.87. The van der Waals surface area contributed by atoms with Gasteiger partial charge in [-0.25, -0.2) is 0 Å². The van der Waals surface area contributed by atoms with Gasteiger partial charge in [-0.3, -0.25) is 9.69 Å². The third-order valence-corrected chi connectivity index (χ3v) is 6.41. The van der Waals surface area contributed by atoms with E-state index in [1.165, 1.54) is 0 Å². The SMILES string of the molecule is C=CCN1C[C@H](C)N(c2cc(O)cc(Cc3cccc(C(=O)N(CC)CC)c3)c2)C[C@H]1C. The monoisotopic (exact) mass is 435 g/mol. The van der Waals surface area contributed by atoms with Crippen LogP contribution in [-0.4, -0.2) is 65.6 Å². The van der Waals surface area contributed by atoms with Crippen molar-refractivity contribution in [3.8, 4) is 5.75 Å². The number of hydrogen-bond acceptors (Lipinski definition) is 4. The van der Waals surface area contributed by atoms with E-state index >= 15 is 0 Å². The Morgan fingerprint density at radius 3 is 2.53 bits per heavy atom. The molecule has 1 N–H and O–H groups in total. The number of anilines is 1. The first-order valence-electron chi connectivity index (χ1n) is 11.7. The lowest BCUT2D eigenvalue weighted by molar-refractivity contribution is 0.0773. The first-order chi connectivity index (χ1) is 15.4. The Hall–Kier alpha value is -2.79. The molecule has 0 unspecified atom stereocenters.